The predicted octanol–water partition coefficient (Wildman–Crippen LogP) is 7.13. The molecule has 0 saturated carbocycles. The van der Waals surface area contributed by atoms with Gasteiger partial charge in [0, 0.05) is 5.41 Å². The second-order valence-corrected chi connectivity index (χ2v) is 17.7. The van der Waals surface area contributed by atoms with Gasteiger partial charge in [0.2, 0.25) is 0 Å². The summed E-state index contributed by atoms with van der Waals surface area (Å²) in [6.45, 7) is 18.1. The van der Waals surface area contributed by atoms with Crippen LogP contribution in [0.4, 0.5) is 0 Å². The maximum atomic E-state index is 6.96. The van der Waals surface area contributed by atoms with E-state index in [4.69, 9.17) is 14.2 Å². The van der Waals surface area contributed by atoms with Crippen LogP contribution in [0.2, 0.25) is 18.1 Å². The van der Waals surface area contributed by atoms with Gasteiger partial charge in [-0.3, -0.25) is 0 Å². The number of aliphatic imine (C=N–C) groups is 1. The quantitative estimate of drug-likeness (QED) is 0.244. The number of nitrogens with zero attached hydrogens (tertiary/aromatic N) is 1. The Labute approximate surface area is 210 Å². The van der Waals surface area contributed by atoms with Gasteiger partial charge in [-0.2, -0.15) is 0 Å². The summed E-state index contributed by atoms with van der Waals surface area (Å²) >= 11 is 0. The molecular formula is C29H44NO2PSi. The molecule has 0 unspecified atom stereocenters. The first kappa shape index (κ1) is 27.1. The maximum Gasteiger partial charge on any atom is 0.192 e. The van der Waals surface area contributed by atoms with E-state index in [9.17, 15) is 0 Å². The highest BCUT2D eigenvalue weighted by atomic mass is 31.1. The molecule has 0 spiro atoms. The van der Waals surface area contributed by atoms with E-state index >= 15 is 0 Å². The van der Waals surface area contributed by atoms with Gasteiger partial charge in [0.1, 0.15) is 12.1 Å². The Kier molecular flexibility index (Phi) is 8.82. The first-order valence-electron chi connectivity index (χ1n) is 12.9. The van der Waals surface area contributed by atoms with Gasteiger partial charge in [-0.05, 0) is 63.6 Å². The molecule has 1 aliphatic rings. The van der Waals surface area contributed by atoms with E-state index in [1.54, 1.807) is 0 Å². The second kappa shape index (κ2) is 11.1. The highest BCUT2D eigenvalue weighted by molar-refractivity contribution is 7.73. The van der Waals surface area contributed by atoms with E-state index in [1.807, 2.05) is 0 Å². The van der Waals surface area contributed by atoms with Gasteiger partial charge in [-0.15, -0.1) is 0 Å². The minimum Gasteiger partial charge on any atom is -0.475 e. The van der Waals surface area contributed by atoms with Crippen molar-refractivity contribution in [1.82, 2.24) is 0 Å². The number of rotatable bonds is 11. The minimum atomic E-state index is -1.75. The molecule has 0 radical (unpaired) electrons. The molecule has 0 saturated heterocycles. The van der Waals surface area contributed by atoms with Crippen LogP contribution in [-0.4, -0.2) is 38.1 Å². The zero-order valence-electron chi connectivity index (χ0n) is 22.5. The molecular weight excluding hydrogens is 453 g/mol. The summed E-state index contributed by atoms with van der Waals surface area (Å²) in [6, 6.07) is 25.3. The van der Waals surface area contributed by atoms with Crippen molar-refractivity contribution in [3.63, 3.8) is 0 Å². The standard InChI is InChI=1S/C29H44NO2PSi/c1-9-34(10-2,11-3)32-29(7,8)26-23(4)31-27(30-26)28(5,6)22-33(24-18-14-12-15-19-24)25-20-16-13-17-21-25/h12-21,23,26H,9-11,22H2,1-8H3/t23-,26-/m0/s1. The molecule has 186 valence electrons. The smallest absolute Gasteiger partial charge is 0.192 e. The van der Waals surface area contributed by atoms with Crippen LogP contribution in [0.1, 0.15) is 55.4 Å². The van der Waals surface area contributed by atoms with E-state index in [-0.39, 0.29) is 23.2 Å². The fraction of sp³-hybridized carbons (Fsp3) is 0.552. The van der Waals surface area contributed by atoms with Crippen molar-refractivity contribution in [2.75, 3.05) is 6.16 Å². The van der Waals surface area contributed by atoms with Gasteiger partial charge in [-0.25, -0.2) is 4.99 Å². The molecule has 0 aromatic heterocycles. The zero-order valence-corrected chi connectivity index (χ0v) is 24.4. The molecule has 34 heavy (non-hydrogen) atoms. The lowest BCUT2D eigenvalue weighted by Gasteiger charge is -2.41. The third-order valence-corrected chi connectivity index (χ3v) is 15.2. The molecule has 0 aliphatic carbocycles. The van der Waals surface area contributed by atoms with Crippen molar-refractivity contribution in [2.24, 2.45) is 10.4 Å². The highest BCUT2D eigenvalue weighted by Crippen LogP contribution is 2.43. The number of benzene rings is 2. The number of ether oxygens (including phenoxy) is 1. The van der Waals surface area contributed by atoms with Crippen LogP contribution in [-0.2, 0) is 9.16 Å². The second-order valence-electron chi connectivity index (χ2n) is 10.8. The third-order valence-electron chi connectivity index (χ3n) is 7.39. The van der Waals surface area contributed by atoms with Gasteiger partial charge in [-0.1, -0.05) is 95.3 Å². The fourth-order valence-electron chi connectivity index (χ4n) is 5.15. The number of hydrogen-bond donors (Lipinski definition) is 0. The topological polar surface area (TPSA) is 30.8 Å². The molecule has 2 aromatic rings. The molecule has 3 nitrogen and oxygen atoms in total. The van der Waals surface area contributed by atoms with Crippen molar-refractivity contribution in [1.29, 1.82) is 0 Å². The van der Waals surface area contributed by atoms with Crippen LogP contribution in [0.25, 0.3) is 0 Å². The van der Waals surface area contributed by atoms with Crippen molar-refractivity contribution >= 4 is 32.7 Å². The molecule has 0 N–H and O–H groups in total. The van der Waals surface area contributed by atoms with Gasteiger partial charge < -0.3 is 9.16 Å². The van der Waals surface area contributed by atoms with E-state index < -0.39 is 16.2 Å². The molecule has 1 heterocycles. The lowest BCUT2D eigenvalue weighted by Crippen LogP contribution is -2.51. The van der Waals surface area contributed by atoms with Crippen LogP contribution in [0, 0.1) is 5.41 Å². The summed E-state index contributed by atoms with van der Waals surface area (Å²) in [5, 5.41) is 2.79. The molecule has 3 rings (SSSR count). The zero-order chi connectivity index (χ0) is 25.0. The first-order valence-corrected chi connectivity index (χ1v) is 17.0. The Morgan fingerprint density at radius 1 is 0.853 bits per heavy atom. The van der Waals surface area contributed by atoms with Gasteiger partial charge >= 0.3 is 0 Å². The van der Waals surface area contributed by atoms with E-state index in [0.717, 1.165) is 30.2 Å². The average molecular weight is 498 g/mol. The monoisotopic (exact) mass is 497 g/mol. The normalized spacial score (nSPS) is 19.3. The summed E-state index contributed by atoms with van der Waals surface area (Å²) in [6.07, 6.45) is 1.01. The van der Waals surface area contributed by atoms with Crippen molar-refractivity contribution in [3.8, 4) is 0 Å². The summed E-state index contributed by atoms with van der Waals surface area (Å²) in [5.74, 6) is 0.887. The van der Waals surface area contributed by atoms with Gasteiger partial charge in [0.25, 0.3) is 0 Å². The lowest BCUT2D eigenvalue weighted by molar-refractivity contribution is 0.0325. The van der Waals surface area contributed by atoms with Gasteiger partial charge in [0.15, 0.2) is 14.2 Å². The van der Waals surface area contributed by atoms with Gasteiger partial charge in [0.05, 0.1) is 5.60 Å². The van der Waals surface area contributed by atoms with Crippen molar-refractivity contribution in [2.45, 2.75) is 91.3 Å². The minimum absolute atomic E-state index is 0.0120. The van der Waals surface area contributed by atoms with Crippen molar-refractivity contribution in [3.05, 3.63) is 60.7 Å². The lowest BCUT2D eigenvalue weighted by atomic mass is 9.95. The van der Waals surface area contributed by atoms with Crippen LogP contribution in [0.5, 0.6) is 0 Å². The Morgan fingerprint density at radius 2 is 1.32 bits per heavy atom. The Morgan fingerprint density at radius 3 is 1.76 bits per heavy atom. The van der Waals surface area contributed by atoms with Crippen LogP contribution < -0.4 is 10.6 Å². The maximum absolute atomic E-state index is 6.96. The first-order chi connectivity index (χ1) is 16.1. The molecule has 2 atom stereocenters. The largest absolute Gasteiger partial charge is 0.475 e. The Balaban J connectivity index is 1.88. The van der Waals surface area contributed by atoms with Crippen LogP contribution in [0.3, 0.4) is 0 Å². The SMILES string of the molecule is CC[Si](CC)(CC)OC(C)(C)[C@H]1N=C(C(C)(C)CP(c2ccccc2)c2ccccc2)O[C@H]1C. The summed E-state index contributed by atoms with van der Waals surface area (Å²) in [7, 11) is -2.28. The molecule has 1 aliphatic heterocycles. The van der Waals surface area contributed by atoms with Crippen LogP contribution >= 0.6 is 7.92 Å². The predicted molar refractivity (Wildman–Crippen MR) is 152 cm³/mol. The molecule has 0 fully saturated rings. The summed E-state index contributed by atoms with van der Waals surface area (Å²) in [5.41, 5.74) is -0.514. The fourth-order valence-corrected chi connectivity index (χ4v) is 11.0. The molecule has 0 amide bonds. The molecule has 2 aromatic carbocycles. The van der Waals surface area contributed by atoms with Crippen molar-refractivity contribution < 1.29 is 9.16 Å². The highest BCUT2D eigenvalue weighted by Gasteiger charge is 2.47. The summed E-state index contributed by atoms with van der Waals surface area (Å²) in [4.78, 5) is 5.24. The third kappa shape index (κ3) is 6.01. The van der Waals surface area contributed by atoms with E-state index in [0.29, 0.717) is 0 Å². The van der Waals surface area contributed by atoms with E-state index in [1.165, 1.54) is 10.6 Å². The summed E-state index contributed by atoms with van der Waals surface area (Å²) < 4.78 is 13.5. The molecule has 0 bridgehead atoms. The van der Waals surface area contributed by atoms with Crippen LogP contribution in [0.15, 0.2) is 65.7 Å². The Bertz CT molecular complexity index is 893. The Hall–Kier alpha value is -1.48. The molecule has 5 heteroatoms. The number of hydrogen-bond acceptors (Lipinski definition) is 3. The van der Waals surface area contributed by atoms with E-state index in [2.05, 4.69) is 116 Å². The average Bonchev–Trinajstić information content (AvgIpc) is 3.26.